The summed E-state index contributed by atoms with van der Waals surface area (Å²) in [5.74, 6) is -0.0521. The largest absolute Gasteiger partial charge is 0.457 e. The number of nitrogens with zero attached hydrogens (tertiary/aromatic N) is 1. The minimum Gasteiger partial charge on any atom is -0.457 e. The van der Waals surface area contributed by atoms with Gasteiger partial charge in [0.2, 0.25) is 17.6 Å². The van der Waals surface area contributed by atoms with Gasteiger partial charge in [0.25, 0.3) is 0 Å². The summed E-state index contributed by atoms with van der Waals surface area (Å²) in [7, 11) is 0. The fourth-order valence-corrected chi connectivity index (χ4v) is 8.06. The number of hydrogen-bond donors (Lipinski definition) is 2. The number of nitrogens with one attached hydrogen (secondary N) is 1. The van der Waals surface area contributed by atoms with E-state index in [-0.39, 0.29) is 48.0 Å². The molecule has 2 aliphatic heterocycles. The highest BCUT2D eigenvalue weighted by Crippen LogP contribution is 2.41. The zero-order valence-electron chi connectivity index (χ0n) is 25.5. The molecule has 2 saturated carbocycles. The normalized spacial score (nSPS) is 28.7. The van der Waals surface area contributed by atoms with Gasteiger partial charge >= 0.3 is 5.97 Å². The van der Waals surface area contributed by atoms with Crippen LogP contribution in [0.1, 0.15) is 87.6 Å². The van der Waals surface area contributed by atoms with Crippen molar-refractivity contribution in [2.24, 2.45) is 29.4 Å². The van der Waals surface area contributed by atoms with Crippen LogP contribution in [0.4, 0.5) is 10.1 Å². The van der Waals surface area contributed by atoms with Gasteiger partial charge in [0.05, 0.1) is 6.10 Å². The van der Waals surface area contributed by atoms with Crippen LogP contribution in [-0.2, 0) is 19.1 Å². The topological polar surface area (TPSA) is 124 Å². The third-order valence-corrected chi connectivity index (χ3v) is 10.6. The third-order valence-electron chi connectivity index (χ3n) is 10.6. The number of alkyl halides is 1. The van der Waals surface area contributed by atoms with Gasteiger partial charge in [0, 0.05) is 36.2 Å². The van der Waals surface area contributed by atoms with Crippen LogP contribution >= 0.6 is 0 Å². The molecule has 3 N–H and O–H groups in total. The van der Waals surface area contributed by atoms with Crippen LogP contribution in [0.15, 0.2) is 28.7 Å². The van der Waals surface area contributed by atoms with E-state index in [1.54, 1.807) is 24.3 Å². The summed E-state index contributed by atoms with van der Waals surface area (Å²) in [5.41, 5.74) is 7.07. The van der Waals surface area contributed by atoms with Crippen molar-refractivity contribution in [3.05, 3.63) is 30.0 Å². The summed E-state index contributed by atoms with van der Waals surface area (Å²) in [6, 6.07) is 5.92. The zero-order valence-corrected chi connectivity index (χ0v) is 25.5. The lowest BCUT2D eigenvalue weighted by atomic mass is 9.76. The van der Waals surface area contributed by atoms with E-state index >= 15 is 0 Å². The molecule has 4 aliphatic rings. The van der Waals surface area contributed by atoms with Crippen LogP contribution in [0, 0.1) is 23.7 Å². The van der Waals surface area contributed by atoms with Crippen LogP contribution in [0.5, 0.6) is 0 Å². The third kappa shape index (κ3) is 6.81. The molecule has 3 heterocycles. The Kier molecular flexibility index (Phi) is 9.86. The SMILES string of the molecule is NC(CF)C1CCC(C(=O)N2CC[C@@H](C3CCCCC3)[C@H]2C(=O)Nc2ccc3oc(C(=O)OCC4CCCO4)cc3c2)CC1. The molecule has 4 fully saturated rings. The number of amides is 2. The number of rotatable bonds is 9. The molecule has 2 unspecified atom stereocenters. The monoisotopic (exact) mass is 611 g/mol. The summed E-state index contributed by atoms with van der Waals surface area (Å²) in [5, 5.41) is 3.78. The molecule has 240 valence electrons. The van der Waals surface area contributed by atoms with Gasteiger partial charge in [-0.1, -0.05) is 32.1 Å². The number of carbonyl (C=O) groups is 3. The van der Waals surface area contributed by atoms with Crippen molar-refractivity contribution in [1.29, 1.82) is 0 Å². The Morgan fingerprint density at radius 2 is 1.80 bits per heavy atom. The van der Waals surface area contributed by atoms with Gasteiger partial charge in [-0.05, 0) is 87.0 Å². The Bertz CT molecular complexity index is 1310. The Balaban J connectivity index is 1.15. The maximum atomic E-state index is 14.0. The van der Waals surface area contributed by atoms with Crippen LogP contribution in [0.2, 0.25) is 0 Å². The van der Waals surface area contributed by atoms with Gasteiger partial charge in [-0.3, -0.25) is 9.59 Å². The van der Waals surface area contributed by atoms with Crippen molar-refractivity contribution in [3.8, 4) is 0 Å². The summed E-state index contributed by atoms with van der Waals surface area (Å²) >= 11 is 0. The molecule has 6 rings (SSSR count). The van der Waals surface area contributed by atoms with Crippen LogP contribution in [0.3, 0.4) is 0 Å². The lowest BCUT2D eigenvalue weighted by molar-refractivity contribution is -0.142. The van der Waals surface area contributed by atoms with Gasteiger partial charge < -0.3 is 29.8 Å². The first-order chi connectivity index (χ1) is 21.4. The van der Waals surface area contributed by atoms with Gasteiger partial charge in [-0.25, -0.2) is 9.18 Å². The van der Waals surface area contributed by atoms with Crippen molar-refractivity contribution < 1.29 is 32.7 Å². The Morgan fingerprint density at radius 1 is 1.00 bits per heavy atom. The van der Waals surface area contributed by atoms with Crippen molar-refractivity contribution in [3.63, 3.8) is 0 Å². The second-order valence-electron chi connectivity index (χ2n) is 13.3. The first-order valence-electron chi connectivity index (χ1n) is 16.7. The molecule has 2 saturated heterocycles. The molecule has 9 nitrogen and oxygen atoms in total. The Labute approximate surface area is 258 Å². The van der Waals surface area contributed by atoms with Crippen LogP contribution < -0.4 is 11.1 Å². The van der Waals surface area contributed by atoms with Crippen molar-refractivity contribution in [2.75, 3.05) is 31.7 Å². The number of hydrogen-bond acceptors (Lipinski definition) is 7. The minimum absolute atomic E-state index is 0.0483. The summed E-state index contributed by atoms with van der Waals surface area (Å²) in [6.07, 6.45) is 11.2. The van der Waals surface area contributed by atoms with E-state index in [0.29, 0.717) is 48.6 Å². The van der Waals surface area contributed by atoms with Gasteiger partial charge in [-0.2, -0.15) is 0 Å². The van der Waals surface area contributed by atoms with E-state index in [9.17, 15) is 18.8 Å². The first-order valence-corrected chi connectivity index (χ1v) is 16.7. The molecule has 10 heteroatoms. The summed E-state index contributed by atoms with van der Waals surface area (Å²) in [4.78, 5) is 42.4. The van der Waals surface area contributed by atoms with E-state index in [4.69, 9.17) is 19.6 Å². The Hall–Kier alpha value is -2.98. The van der Waals surface area contributed by atoms with Crippen molar-refractivity contribution in [2.45, 2.75) is 95.2 Å². The molecule has 1 aromatic heterocycles. The van der Waals surface area contributed by atoms with E-state index < -0.39 is 24.7 Å². The molecule has 0 spiro atoms. The number of carbonyl (C=O) groups excluding carboxylic acids is 3. The average Bonchev–Trinajstić information content (AvgIpc) is 3.83. The fraction of sp³-hybridized carbons (Fsp3) is 0.676. The smallest absolute Gasteiger partial charge is 0.374 e. The van der Waals surface area contributed by atoms with Crippen molar-refractivity contribution >= 4 is 34.4 Å². The lowest BCUT2D eigenvalue weighted by Crippen LogP contribution is -2.50. The van der Waals surface area contributed by atoms with E-state index in [1.165, 1.54) is 6.42 Å². The van der Waals surface area contributed by atoms with E-state index in [1.807, 2.05) is 4.90 Å². The minimum atomic E-state index is -0.543. The molecule has 4 atom stereocenters. The number of anilines is 1. The average molecular weight is 612 g/mol. The number of halogens is 1. The molecular weight excluding hydrogens is 565 g/mol. The maximum Gasteiger partial charge on any atom is 0.374 e. The highest BCUT2D eigenvalue weighted by Gasteiger charge is 2.47. The molecule has 0 bridgehead atoms. The van der Waals surface area contributed by atoms with Crippen molar-refractivity contribution in [1.82, 2.24) is 4.90 Å². The van der Waals surface area contributed by atoms with Gasteiger partial charge in [-0.15, -0.1) is 0 Å². The number of ether oxygens (including phenoxy) is 2. The summed E-state index contributed by atoms with van der Waals surface area (Å²) in [6.45, 7) is 0.933. The highest BCUT2D eigenvalue weighted by molar-refractivity contribution is 6.00. The molecular formula is C34H46FN3O6. The number of likely N-dealkylation sites (tertiary alicyclic amines) is 1. The summed E-state index contributed by atoms with van der Waals surface area (Å²) < 4.78 is 29.8. The zero-order chi connectivity index (χ0) is 30.6. The highest BCUT2D eigenvalue weighted by atomic mass is 19.1. The quantitative estimate of drug-likeness (QED) is 0.354. The van der Waals surface area contributed by atoms with Gasteiger partial charge in [0.15, 0.2) is 0 Å². The molecule has 2 amide bonds. The van der Waals surface area contributed by atoms with Crippen LogP contribution in [0.25, 0.3) is 11.0 Å². The second kappa shape index (κ2) is 14.0. The second-order valence-corrected chi connectivity index (χ2v) is 13.3. The number of fused-ring (bicyclic) bond motifs is 1. The van der Waals surface area contributed by atoms with E-state index in [0.717, 1.165) is 57.8 Å². The fourth-order valence-electron chi connectivity index (χ4n) is 8.06. The van der Waals surface area contributed by atoms with Gasteiger partial charge in [0.1, 0.15) is 24.9 Å². The predicted octanol–water partition coefficient (Wildman–Crippen LogP) is 5.61. The Morgan fingerprint density at radius 3 is 2.52 bits per heavy atom. The van der Waals surface area contributed by atoms with Crippen LogP contribution in [-0.4, -0.2) is 67.3 Å². The molecule has 44 heavy (non-hydrogen) atoms. The molecule has 0 radical (unpaired) electrons. The molecule has 1 aromatic carbocycles. The number of esters is 1. The molecule has 2 aliphatic carbocycles. The predicted molar refractivity (Wildman–Crippen MR) is 164 cm³/mol. The lowest BCUT2D eigenvalue weighted by Gasteiger charge is -2.36. The maximum absolute atomic E-state index is 14.0. The molecule has 2 aromatic rings. The number of furan rings is 1. The first kappa shape index (κ1) is 31.0. The number of benzene rings is 1. The van der Waals surface area contributed by atoms with E-state index in [2.05, 4.69) is 5.32 Å². The standard InChI is InChI=1S/C34H46FN3O6/c35-19-28(36)22-8-10-23(11-9-22)33(40)38-15-14-27(21-5-2-1-3-6-21)31(38)32(39)37-25-12-13-29-24(17-25)18-30(44-29)34(41)43-20-26-7-4-16-42-26/h12-13,17-18,21-23,26-28,31H,1-11,14-16,19-20,36H2,(H,37,39)/t22?,23?,26?,27-,28?,31-/m0/s1. The number of nitrogens with two attached hydrogens (primary N) is 1.